The maximum Gasteiger partial charge on any atom is 0.237 e. The molecule has 1 saturated heterocycles. The highest BCUT2D eigenvalue weighted by Crippen LogP contribution is 2.10. The van der Waals surface area contributed by atoms with Gasteiger partial charge in [-0.05, 0) is 52.6 Å². The third-order valence-electron chi connectivity index (χ3n) is 4.21. The van der Waals surface area contributed by atoms with Gasteiger partial charge in [-0.1, -0.05) is 13.8 Å². The van der Waals surface area contributed by atoms with E-state index in [9.17, 15) is 4.79 Å². The Hall–Kier alpha value is -0.610. The lowest BCUT2D eigenvalue weighted by atomic mass is 10.1. The first-order valence-corrected chi connectivity index (χ1v) is 7.86. The first-order chi connectivity index (χ1) is 9.08. The minimum absolute atomic E-state index is 0.106. The number of hydrogen-bond acceptors (Lipinski definition) is 3. The molecule has 0 aromatic heterocycles. The molecule has 0 aromatic rings. The first kappa shape index (κ1) is 16.4. The van der Waals surface area contributed by atoms with Crippen LogP contribution in [0, 0.1) is 0 Å². The molecule has 0 saturated carbocycles. The molecule has 2 N–H and O–H groups in total. The van der Waals surface area contributed by atoms with Gasteiger partial charge in [-0.2, -0.15) is 0 Å². The number of nitrogens with zero attached hydrogens (tertiary/aromatic N) is 1. The summed E-state index contributed by atoms with van der Waals surface area (Å²) >= 11 is 0. The molecule has 4 heteroatoms. The smallest absolute Gasteiger partial charge is 0.237 e. The Morgan fingerprint density at radius 3 is 2.26 bits per heavy atom. The maximum absolute atomic E-state index is 12.0. The summed E-state index contributed by atoms with van der Waals surface area (Å²) in [5, 5.41) is 6.45. The summed E-state index contributed by atoms with van der Waals surface area (Å²) in [6.45, 7) is 11.7. The van der Waals surface area contributed by atoms with Crippen molar-refractivity contribution in [3.05, 3.63) is 0 Å². The number of carbonyl (C=O) groups is 1. The molecule has 112 valence electrons. The van der Waals surface area contributed by atoms with Crippen molar-refractivity contribution in [2.24, 2.45) is 0 Å². The number of amides is 1. The van der Waals surface area contributed by atoms with Crippen molar-refractivity contribution in [3.8, 4) is 0 Å². The van der Waals surface area contributed by atoms with E-state index in [4.69, 9.17) is 0 Å². The van der Waals surface area contributed by atoms with Crippen molar-refractivity contribution in [1.82, 2.24) is 15.5 Å². The van der Waals surface area contributed by atoms with Gasteiger partial charge in [0.05, 0.1) is 6.04 Å². The van der Waals surface area contributed by atoms with Crippen molar-refractivity contribution >= 4 is 5.91 Å². The Balaban J connectivity index is 2.25. The quantitative estimate of drug-likeness (QED) is 0.705. The predicted molar refractivity (Wildman–Crippen MR) is 80.2 cm³/mol. The van der Waals surface area contributed by atoms with Crippen molar-refractivity contribution in [2.75, 3.05) is 19.6 Å². The normalized spacial score (nSPS) is 19.6. The van der Waals surface area contributed by atoms with Crippen LogP contribution in [0.15, 0.2) is 0 Å². The second kappa shape index (κ2) is 8.54. The van der Waals surface area contributed by atoms with Gasteiger partial charge in [0, 0.05) is 18.6 Å². The van der Waals surface area contributed by atoms with E-state index in [1.54, 1.807) is 0 Å². The van der Waals surface area contributed by atoms with E-state index in [1.165, 1.54) is 25.9 Å². The third kappa shape index (κ3) is 5.49. The summed E-state index contributed by atoms with van der Waals surface area (Å²) in [6.07, 6.45) is 4.63. The summed E-state index contributed by atoms with van der Waals surface area (Å²) in [6, 6.07) is 0.726. The monoisotopic (exact) mass is 269 g/mol. The Labute approximate surface area is 118 Å². The van der Waals surface area contributed by atoms with Gasteiger partial charge >= 0.3 is 0 Å². The average Bonchev–Trinajstić information content (AvgIpc) is 2.95. The predicted octanol–water partition coefficient (Wildman–Crippen LogP) is 1.75. The lowest BCUT2D eigenvalue weighted by Crippen LogP contribution is -2.49. The van der Waals surface area contributed by atoms with Gasteiger partial charge in [-0.15, -0.1) is 0 Å². The first-order valence-electron chi connectivity index (χ1n) is 7.86. The lowest BCUT2D eigenvalue weighted by molar-refractivity contribution is -0.123. The molecule has 0 radical (unpaired) electrons. The van der Waals surface area contributed by atoms with Crippen LogP contribution in [-0.2, 0) is 4.79 Å². The Bertz CT molecular complexity index is 260. The van der Waals surface area contributed by atoms with Crippen molar-refractivity contribution in [3.63, 3.8) is 0 Å². The highest BCUT2D eigenvalue weighted by atomic mass is 16.2. The summed E-state index contributed by atoms with van der Waals surface area (Å²) < 4.78 is 0. The largest absolute Gasteiger partial charge is 0.352 e. The molecule has 0 aromatic carbocycles. The summed E-state index contributed by atoms with van der Waals surface area (Å²) in [4.78, 5) is 14.5. The molecule has 1 heterocycles. The maximum atomic E-state index is 12.0. The molecule has 4 nitrogen and oxygen atoms in total. The number of rotatable bonds is 8. The number of hydrogen-bond donors (Lipinski definition) is 2. The lowest BCUT2D eigenvalue weighted by Gasteiger charge is -2.26. The molecule has 2 atom stereocenters. The number of carbonyl (C=O) groups excluding carboxylic acids is 1. The van der Waals surface area contributed by atoms with Gasteiger partial charge in [0.1, 0.15) is 0 Å². The molecule has 19 heavy (non-hydrogen) atoms. The fraction of sp³-hybridized carbons (Fsp3) is 0.933. The molecule has 1 amide bonds. The van der Waals surface area contributed by atoms with Crippen molar-refractivity contribution in [2.45, 2.75) is 71.5 Å². The van der Waals surface area contributed by atoms with E-state index in [0.29, 0.717) is 12.1 Å². The van der Waals surface area contributed by atoms with Crippen LogP contribution in [0.25, 0.3) is 0 Å². The van der Waals surface area contributed by atoms with Gasteiger partial charge in [0.25, 0.3) is 0 Å². The van der Waals surface area contributed by atoms with Crippen molar-refractivity contribution in [1.29, 1.82) is 0 Å². The Kier molecular flexibility index (Phi) is 7.39. The molecule has 1 fully saturated rings. The minimum atomic E-state index is -0.106. The van der Waals surface area contributed by atoms with E-state index >= 15 is 0 Å². The van der Waals surface area contributed by atoms with Crippen LogP contribution < -0.4 is 10.6 Å². The minimum Gasteiger partial charge on any atom is -0.352 e. The summed E-state index contributed by atoms with van der Waals surface area (Å²) in [5.41, 5.74) is 0. The molecule has 1 rings (SSSR count). The van der Waals surface area contributed by atoms with Crippen LogP contribution in [-0.4, -0.2) is 48.6 Å². The van der Waals surface area contributed by atoms with E-state index in [-0.39, 0.29) is 11.9 Å². The fourth-order valence-electron chi connectivity index (χ4n) is 2.57. The van der Waals surface area contributed by atoms with E-state index in [0.717, 1.165) is 19.4 Å². The Morgan fingerprint density at radius 1 is 1.16 bits per heavy atom. The standard InChI is InChI=1S/C15H31N3O/c1-5-14(6-2)17-15(19)13(4)16-11-12(3)18-9-7-8-10-18/h12-14,16H,5-11H2,1-4H3,(H,17,19). The van der Waals surface area contributed by atoms with Crippen LogP contribution in [0.5, 0.6) is 0 Å². The zero-order valence-electron chi connectivity index (χ0n) is 13.0. The molecule has 0 spiro atoms. The van der Waals surface area contributed by atoms with Crippen LogP contribution in [0.3, 0.4) is 0 Å². The number of likely N-dealkylation sites (tertiary alicyclic amines) is 1. The van der Waals surface area contributed by atoms with Crippen LogP contribution in [0.4, 0.5) is 0 Å². The van der Waals surface area contributed by atoms with Gasteiger partial charge < -0.3 is 10.6 Å². The highest BCUT2D eigenvalue weighted by Gasteiger charge is 2.20. The molecule has 0 bridgehead atoms. The second-order valence-corrected chi connectivity index (χ2v) is 5.74. The van der Waals surface area contributed by atoms with Crippen LogP contribution >= 0.6 is 0 Å². The summed E-state index contributed by atoms with van der Waals surface area (Å²) in [7, 11) is 0. The molecular formula is C15H31N3O. The fourth-order valence-corrected chi connectivity index (χ4v) is 2.57. The molecule has 1 aliphatic heterocycles. The zero-order valence-corrected chi connectivity index (χ0v) is 13.0. The molecule has 1 aliphatic rings. The molecule has 2 unspecified atom stereocenters. The average molecular weight is 269 g/mol. The zero-order chi connectivity index (χ0) is 14.3. The van der Waals surface area contributed by atoms with E-state index in [1.807, 2.05) is 6.92 Å². The Morgan fingerprint density at radius 2 is 1.74 bits per heavy atom. The molecular weight excluding hydrogens is 238 g/mol. The highest BCUT2D eigenvalue weighted by molar-refractivity contribution is 5.81. The van der Waals surface area contributed by atoms with Crippen LogP contribution in [0.2, 0.25) is 0 Å². The topological polar surface area (TPSA) is 44.4 Å². The van der Waals surface area contributed by atoms with Gasteiger partial charge in [0.2, 0.25) is 5.91 Å². The summed E-state index contributed by atoms with van der Waals surface area (Å²) in [5.74, 6) is 0.127. The second-order valence-electron chi connectivity index (χ2n) is 5.74. The van der Waals surface area contributed by atoms with Gasteiger partial charge in [0.15, 0.2) is 0 Å². The van der Waals surface area contributed by atoms with Gasteiger partial charge in [-0.3, -0.25) is 9.69 Å². The van der Waals surface area contributed by atoms with E-state index < -0.39 is 0 Å². The van der Waals surface area contributed by atoms with Gasteiger partial charge in [-0.25, -0.2) is 0 Å². The van der Waals surface area contributed by atoms with Crippen molar-refractivity contribution < 1.29 is 4.79 Å². The number of nitrogens with one attached hydrogen (secondary N) is 2. The molecule has 0 aliphatic carbocycles. The SMILES string of the molecule is CCC(CC)NC(=O)C(C)NCC(C)N1CCCC1. The van der Waals surface area contributed by atoms with Crippen LogP contribution in [0.1, 0.15) is 53.4 Å². The van der Waals surface area contributed by atoms with E-state index in [2.05, 4.69) is 36.3 Å². The third-order valence-corrected chi connectivity index (χ3v) is 4.21.